The summed E-state index contributed by atoms with van der Waals surface area (Å²) in [6.07, 6.45) is 1.48. The lowest BCUT2D eigenvalue weighted by Crippen LogP contribution is -2.50. The number of piperazine rings is 1. The van der Waals surface area contributed by atoms with Crippen LogP contribution >= 0.6 is 0 Å². The number of aromatic nitrogens is 4. The molecule has 1 aliphatic rings. The largest absolute Gasteiger partial charge is 0.336 e. The highest BCUT2D eigenvalue weighted by Gasteiger charge is 2.30. The molecule has 2 aromatic carbocycles. The van der Waals surface area contributed by atoms with E-state index in [2.05, 4.69) is 15.5 Å². The molecule has 0 spiro atoms. The summed E-state index contributed by atoms with van der Waals surface area (Å²) >= 11 is 0. The molecular formula is C18H18N6O3S. The van der Waals surface area contributed by atoms with E-state index in [1.165, 1.54) is 15.3 Å². The third-order valence-corrected chi connectivity index (χ3v) is 6.55. The maximum absolute atomic E-state index is 12.7. The summed E-state index contributed by atoms with van der Waals surface area (Å²) in [5.74, 6) is -0.125. The zero-order valence-corrected chi connectivity index (χ0v) is 15.7. The number of carbonyl (C=O) groups excluding carboxylic acids is 1. The predicted molar refractivity (Wildman–Crippen MR) is 100 cm³/mol. The lowest BCUT2D eigenvalue weighted by atomic mass is 10.1. The van der Waals surface area contributed by atoms with Crippen molar-refractivity contribution in [3.05, 3.63) is 66.5 Å². The molecule has 0 radical (unpaired) electrons. The summed E-state index contributed by atoms with van der Waals surface area (Å²) < 4.78 is 28.3. The van der Waals surface area contributed by atoms with E-state index in [1.807, 2.05) is 0 Å². The van der Waals surface area contributed by atoms with Crippen molar-refractivity contribution in [2.24, 2.45) is 0 Å². The van der Waals surface area contributed by atoms with E-state index in [1.54, 1.807) is 59.5 Å². The van der Waals surface area contributed by atoms with Gasteiger partial charge < -0.3 is 4.90 Å². The highest BCUT2D eigenvalue weighted by Crippen LogP contribution is 2.18. The van der Waals surface area contributed by atoms with Gasteiger partial charge in [-0.1, -0.05) is 18.2 Å². The zero-order valence-electron chi connectivity index (χ0n) is 14.9. The van der Waals surface area contributed by atoms with Gasteiger partial charge in [0.1, 0.15) is 6.33 Å². The lowest BCUT2D eigenvalue weighted by Gasteiger charge is -2.34. The number of hydrogen-bond acceptors (Lipinski definition) is 6. The fourth-order valence-corrected chi connectivity index (χ4v) is 4.54. The van der Waals surface area contributed by atoms with Crippen LogP contribution in [0.2, 0.25) is 0 Å². The van der Waals surface area contributed by atoms with Gasteiger partial charge in [-0.25, -0.2) is 13.1 Å². The Morgan fingerprint density at radius 2 is 1.57 bits per heavy atom. The number of hydrogen-bond donors (Lipinski definition) is 0. The number of benzene rings is 2. The molecule has 1 saturated heterocycles. The Balaban J connectivity index is 1.41. The zero-order chi connectivity index (χ0) is 19.6. The third kappa shape index (κ3) is 3.51. The molecule has 1 aromatic heterocycles. The lowest BCUT2D eigenvalue weighted by molar-refractivity contribution is 0.0698. The fraction of sp³-hybridized carbons (Fsp3) is 0.222. The van der Waals surface area contributed by atoms with Crippen molar-refractivity contribution in [3.8, 4) is 5.69 Å². The van der Waals surface area contributed by atoms with E-state index >= 15 is 0 Å². The summed E-state index contributed by atoms with van der Waals surface area (Å²) in [5.41, 5.74) is 1.29. The number of nitrogens with zero attached hydrogens (tertiary/aromatic N) is 6. The minimum absolute atomic E-state index is 0.125. The number of amides is 1. The smallest absolute Gasteiger partial charge is 0.253 e. The van der Waals surface area contributed by atoms with Crippen LogP contribution in [0.25, 0.3) is 5.69 Å². The Hall–Kier alpha value is -3.11. The number of sulfonamides is 1. The third-order valence-electron chi connectivity index (χ3n) is 4.63. The van der Waals surface area contributed by atoms with Gasteiger partial charge in [0.05, 0.1) is 10.6 Å². The van der Waals surface area contributed by atoms with Gasteiger partial charge in [0.2, 0.25) is 10.0 Å². The first-order valence-corrected chi connectivity index (χ1v) is 10.2. The van der Waals surface area contributed by atoms with Gasteiger partial charge in [-0.05, 0) is 46.8 Å². The van der Waals surface area contributed by atoms with E-state index in [0.29, 0.717) is 18.7 Å². The molecule has 0 atom stereocenters. The average Bonchev–Trinajstić information content (AvgIpc) is 3.29. The SMILES string of the molecule is O=C(c1ccc(-n2cnnn2)cc1)N1CCN(S(=O)(=O)c2ccccc2)CC1. The molecule has 1 aliphatic heterocycles. The summed E-state index contributed by atoms with van der Waals surface area (Å²) in [4.78, 5) is 14.7. The molecule has 0 unspecified atom stereocenters. The normalized spacial score (nSPS) is 15.5. The molecule has 2 heterocycles. The molecule has 9 nitrogen and oxygen atoms in total. The highest BCUT2D eigenvalue weighted by atomic mass is 32.2. The molecule has 0 saturated carbocycles. The minimum Gasteiger partial charge on any atom is -0.336 e. The van der Waals surface area contributed by atoms with Crippen LogP contribution in [0.1, 0.15) is 10.4 Å². The Morgan fingerprint density at radius 1 is 0.893 bits per heavy atom. The van der Waals surface area contributed by atoms with Gasteiger partial charge in [0.15, 0.2) is 0 Å². The van der Waals surface area contributed by atoms with Crippen molar-refractivity contribution >= 4 is 15.9 Å². The van der Waals surface area contributed by atoms with Crippen molar-refractivity contribution in [3.63, 3.8) is 0 Å². The molecule has 1 fully saturated rings. The van der Waals surface area contributed by atoms with Gasteiger partial charge >= 0.3 is 0 Å². The fourth-order valence-electron chi connectivity index (χ4n) is 3.09. The molecular weight excluding hydrogens is 380 g/mol. The van der Waals surface area contributed by atoms with Gasteiger partial charge in [-0.2, -0.15) is 4.31 Å². The predicted octanol–water partition coefficient (Wildman–Crippen LogP) is 0.809. The van der Waals surface area contributed by atoms with Crippen LogP contribution in [0.3, 0.4) is 0 Å². The van der Waals surface area contributed by atoms with Crippen molar-refractivity contribution < 1.29 is 13.2 Å². The van der Waals surface area contributed by atoms with Crippen molar-refractivity contribution in [2.75, 3.05) is 26.2 Å². The Labute approximate surface area is 162 Å². The molecule has 4 rings (SSSR count). The number of rotatable bonds is 4. The maximum Gasteiger partial charge on any atom is 0.253 e. The first kappa shape index (κ1) is 18.3. The molecule has 0 N–H and O–H groups in total. The van der Waals surface area contributed by atoms with Crippen LogP contribution in [-0.2, 0) is 10.0 Å². The van der Waals surface area contributed by atoms with Crippen LogP contribution in [0.15, 0.2) is 65.8 Å². The van der Waals surface area contributed by atoms with Crippen molar-refractivity contribution in [2.45, 2.75) is 4.90 Å². The van der Waals surface area contributed by atoms with Crippen LogP contribution in [0.4, 0.5) is 0 Å². The monoisotopic (exact) mass is 398 g/mol. The van der Waals surface area contributed by atoms with E-state index in [-0.39, 0.29) is 23.9 Å². The molecule has 0 bridgehead atoms. The van der Waals surface area contributed by atoms with Crippen LogP contribution in [-0.4, -0.2) is 69.9 Å². The van der Waals surface area contributed by atoms with E-state index in [9.17, 15) is 13.2 Å². The summed E-state index contributed by atoms with van der Waals surface area (Å²) in [5, 5.41) is 11.0. The van der Waals surface area contributed by atoms with E-state index in [4.69, 9.17) is 0 Å². The second-order valence-electron chi connectivity index (χ2n) is 6.31. The molecule has 28 heavy (non-hydrogen) atoms. The van der Waals surface area contributed by atoms with E-state index < -0.39 is 10.0 Å². The summed E-state index contributed by atoms with van der Waals surface area (Å²) in [6, 6.07) is 15.3. The maximum atomic E-state index is 12.7. The van der Waals surface area contributed by atoms with Crippen molar-refractivity contribution in [1.82, 2.24) is 29.4 Å². The van der Waals surface area contributed by atoms with Crippen LogP contribution in [0.5, 0.6) is 0 Å². The first-order chi connectivity index (χ1) is 13.6. The molecule has 0 aliphatic carbocycles. The summed E-state index contributed by atoms with van der Waals surface area (Å²) in [7, 11) is -3.53. The van der Waals surface area contributed by atoms with E-state index in [0.717, 1.165) is 5.69 Å². The highest BCUT2D eigenvalue weighted by molar-refractivity contribution is 7.89. The van der Waals surface area contributed by atoms with Gasteiger partial charge in [0, 0.05) is 31.7 Å². The first-order valence-electron chi connectivity index (χ1n) is 8.73. The van der Waals surface area contributed by atoms with Crippen LogP contribution < -0.4 is 0 Å². The topological polar surface area (TPSA) is 101 Å². The molecule has 3 aromatic rings. The molecule has 10 heteroatoms. The number of tetrazole rings is 1. The second-order valence-corrected chi connectivity index (χ2v) is 8.25. The quantitative estimate of drug-likeness (QED) is 0.645. The van der Waals surface area contributed by atoms with Crippen LogP contribution in [0, 0.1) is 0 Å². The molecule has 144 valence electrons. The Morgan fingerprint density at radius 3 is 2.18 bits per heavy atom. The van der Waals surface area contributed by atoms with Gasteiger partial charge in [-0.3, -0.25) is 4.79 Å². The minimum atomic E-state index is -3.53. The van der Waals surface area contributed by atoms with Gasteiger partial charge in [-0.15, -0.1) is 5.10 Å². The second kappa shape index (κ2) is 7.49. The average molecular weight is 398 g/mol. The van der Waals surface area contributed by atoms with Gasteiger partial charge in [0.25, 0.3) is 5.91 Å². The Kier molecular flexibility index (Phi) is 4.88. The molecule has 1 amide bonds. The summed E-state index contributed by atoms with van der Waals surface area (Å²) in [6.45, 7) is 1.23. The van der Waals surface area contributed by atoms with Crippen molar-refractivity contribution in [1.29, 1.82) is 0 Å². The Bertz CT molecular complexity index is 1040. The number of carbonyl (C=O) groups is 1. The standard InChI is InChI=1S/C18H18N6O3S/c25-18(15-6-8-16(9-7-15)24-14-19-20-21-24)22-10-12-23(13-11-22)28(26,27)17-4-2-1-3-5-17/h1-9,14H,10-13H2.